The Balaban J connectivity index is 1.33. The topological polar surface area (TPSA) is 78.9 Å². The molecule has 8 nitrogen and oxygen atoms in total. The third-order valence-electron chi connectivity index (χ3n) is 5.44. The monoisotopic (exact) mass is 429 g/mol. The lowest BCUT2D eigenvalue weighted by atomic mass is 10.1. The molecular formula is C21H24ClN5O3. The lowest BCUT2D eigenvalue weighted by molar-refractivity contribution is -0.135. The van der Waals surface area contributed by atoms with Crippen LogP contribution in [-0.4, -0.2) is 66.7 Å². The van der Waals surface area contributed by atoms with Gasteiger partial charge in [-0.25, -0.2) is 0 Å². The minimum Gasteiger partial charge on any atom is -0.471 e. The van der Waals surface area contributed by atoms with Gasteiger partial charge in [0.1, 0.15) is 6.10 Å². The first-order valence-electron chi connectivity index (χ1n) is 9.93. The SMILES string of the molecule is CN(C)c1ccc(OC2CCN(C(=O)C3CC(=O)N(c4ccc(Cl)cc4)C3)C2)nn1. The van der Waals surface area contributed by atoms with Crippen LogP contribution >= 0.6 is 11.6 Å². The van der Waals surface area contributed by atoms with Crippen molar-refractivity contribution in [2.24, 2.45) is 5.92 Å². The molecule has 2 unspecified atom stereocenters. The molecule has 0 radical (unpaired) electrons. The maximum Gasteiger partial charge on any atom is 0.233 e. The summed E-state index contributed by atoms with van der Waals surface area (Å²) in [5.74, 6) is 0.816. The smallest absolute Gasteiger partial charge is 0.233 e. The van der Waals surface area contributed by atoms with Gasteiger partial charge in [-0.3, -0.25) is 9.59 Å². The van der Waals surface area contributed by atoms with Gasteiger partial charge in [0.05, 0.1) is 12.5 Å². The first kappa shape index (κ1) is 20.4. The van der Waals surface area contributed by atoms with Crippen LogP contribution in [0.4, 0.5) is 11.5 Å². The molecular weight excluding hydrogens is 406 g/mol. The fourth-order valence-corrected chi connectivity index (χ4v) is 3.94. The minimum absolute atomic E-state index is 0.0000431. The van der Waals surface area contributed by atoms with Crippen LogP contribution in [0.3, 0.4) is 0 Å². The number of nitrogens with zero attached hydrogens (tertiary/aromatic N) is 5. The van der Waals surface area contributed by atoms with E-state index in [-0.39, 0.29) is 30.3 Å². The number of aromatic nitrogens is 2. The zero-order valence-corrected chi connectivity index (χ0v) is 17.7. The number of carbonyl (C=O) groups is 2. The van der Waals surface area contributed by atoms with Crippen molar-refractivity contribution >= 4 is 34.9 Å². The molecule has 2 atom stereocenters. The molecule has 1 aromatic carbocycles. The molecule has 158 valence electrons. The van der Waals surface area contributed by atoms with Crippen LogP contribution in [0.5, 0.6) is 5.88 Å². The highest BCUT2D eigenvalue weighted by Gasteiger charge is 2.39. The fourth-order valence-electron chi connectivity index (χ4n) is 3.81. The third-order valence-corrected chi connectivity index (χ3v) is 5.69. The molecule has 30 heavy (non-hydrogen) atoms. The minimum atomic E-state index is -0.342. The van der Waals surface area contributed by atoms with E-state index in [4.69, 9.17) is 16.3 Å². The van der Waals surface area contributed by atoms with Crippen molar-refractivity contribution in [2.75, 3.05) is 43.5 Å². The summed E-state index contributed by atoms with van der Waals surface area (Å²) in [5, 5.41) is 8.81. The third kappa shape index (κ3) is 4.33. The fraction of sp³-hybridized carbons (Fsp3) is 0.429. The second-order valence-corrected chi connectivity index (χ2v) is 8.26. The van der Waals surface area contributed by atoms with Crippen molar-refractivity contribution in [1.29, 1.82) is 0 Å². The molecule has 0 saturated carbocycles. The second-order valence-electron chi connectivity index (χ2n) is 7.82. The average Bonchev–Trinajstić information content (AvgIpc) is 3.35. The average molecular weight is 430 g/mol. The summed E-state index contributed by atoms with van der Waals surface area (Å²) in [6.45, 7) is 1.48. The van der Waals surface area contributed by atoms with Gasteiger partial charge in [0, 0.05) is 56.8 Å². The largest absolute Gasteiger partial charge is 0.471 e. The van der Waals surface area contributed by atoms with Crippen molar-refractivity contribution in [3.8, 4) is 5.88 Å². The number of amides is 2. The molecule has 4 rings (SSSR count). The standard InChI is InChI=1S/C21H24ClN5O3/c1-25(2)18-7-8-19(24-23-18)30-17-9-10-26(13-17)21(29)14-11-20(28)27(12-14)16-5-3-15(22)4-6-16/h3-8,14,17H,9-13H2,1-2H3. The number of rotatable bonds is 5. The molecule has 0 N–H and O–H groups in total. The highest BCUT2D eigenvalue weighted by molar-refractivity contribution is 6.30. The number of likely N-dealkylation sites (tertiary alicyclic amines) is 1. The summed E-state index contributed by atoms with van der Waals surface area (Å²) in [6.07, 6.45) is 0.823. The van der Waals surface area contributed by atoms with Gasteiger partial charge in [-0.2, -0.15) is 0 Å². The van der Waals surface area contributed by atoms with E-state index in [1.54, 1.807) is 40.1 Å². The zero-order valence-electron chi connectivity index (χ0n) is 17.0. The van der Waals surface area contributed by atoms with E-state index in [9.17, 15) is 9.59 Å². The van der Waals surface area contributed by atoms with E-state index in [2.05, 4.69) is 10.2 Å². The Kier molecular flexibility index (Phi) is 5.76. The highest BCUT2D eigenvalue weighted by Crippen LogP contribution is 2.28. The lowest BCUT2D eigenvalue weighted by Crippen LogP contribution is -2.37. The number of hydrogen-bond donors (Lipinski definition) is 0. The predicted octanol–water partition coefficient (Wildman–Crippen LogP) is 2.23. The van der Waals surface area contributed by atoms with E-state index in [0.717, 1.165) is 17.9 Å². The van der Waals surface area contributed by atoms with Gasteiger partial charge < -0.3 is 19.4 Å². The van der Waals surface area contributed by atoms with Gasteiger partial charge in [-0.1, -0.05) is 11.6 Å². The first-order chi connectivity index (χ1) is 14.4. The number of carbonyl (C=O) groups excluding carboxylic acids is 2. The van der Waals surface area contributed by atoms with Crippen LogP contribution < -0.4 is 14.5 Å². The molecule has 2 saturated heterocycles. The number of halogens is 1. The molecule has 1 aromatic heterocycles. The van der Waals surface area contributed by atoms with Gasteiger partial charge >= 0.3 is 0 Å². The van der Waals surface area contributed by atoms with Gasteiger partial charge in [0.15, 0.2) is 5.82 Å². The molecule has 3 heterocycles. The van der Waals surface area contributed by atoms with E-state index in [0.29, 0.717) is 30.5 Å². The number of benzene rings is 1. The Morgan fingerprint density at radius 3 is 2.57 bits per heavy atom. The quantitative estimate of drug-likeness (QED) is 0.725. The Labute approximate surface area is 180 Å². The van der Waals surface area contributed by atoms with Crippen LogP contribution in [0.2, 0.25) is 5.02 Å². The molecule has 0 spiro atoms. The van der Waals surface area contributed by atoms with Crippen LogP contribution in [0.1, 0.15) is 12.8 Å². The van der Waals surface area contributed by atoms with E-state index >= 15 is 0 Å². The predicted molar refractivity (Wildman–Crippen MR) is 114 cm³/mol. The molecule has 9 heteroatoms. The van der Waals surface area contributed by atoms with Gasteiger partial charge in [0.2, 0.25) is 17.7 Å². The number of anilines is 2. The molecule has 0 aliphatic carbocycles. The van der Waals surface area contributed by atoms with Crippen LogP contribution in [0, 0.1) is 5.92 Å². The summed E-state index contributed by atoms with van der Waals surface area (Å²) in [4.78, 5) is 30.7. The molecule has 0 bridgehead atoms. The maximum absolute atomic E-state index is 13.0. The summed E-state index contributed by atoms with van der Waals surface area (Å²) in [6, 6.07) is 10.7. The molecule has 2 fully saturated rings. The molecule has 2 aliphatic heterocycles. The van der Waals surface area contributed by atoms with Crippen LogP contribution in [0.25, 0.3) is 0 Å². The van der Waals surface area contributed by atoms with Gasteiger partial charge in [-0.05, 0) is 30.3 Å². The highest BCUT2D eigenvalue weighted by atomic mass is 35.5. The summed E-state index contributed by atoms with van der Waals surface area (Å²) in [7, 11) is 3.79. The van der Waals surface area contributed by atoms with Crippen molar-refractivity contribution in [2.45, 2.75) is 18.9 Å². The Bertz CT molecular complexity index is 919. The van der Waals surface area contributed by atoms with Crippen molar-refractivity contribution in [3.63, 3.8) is 0 Å². The zero-order chi connectivity index (χ0) is 21.3. The van der Waals surface area contributed by atoms with Gasteiger partial charge in [0.25, 0.3) is 0 Å². The van der Waals surface area contributed by atoms with Crippen molar-refractivity contribution in [1.82, 2.24) is 15.1 Å². The molecule has 2 amide bonds. The lowest BCUT2D eigenvalue weighted by Gasteiger charge is -2.21. The van der Waals surface area contributed by atoms with Gasteiger partial charge in [-0.15, -0.1) is 10.2 Å². The molecule has 2 aliphatic rings. The number of hydrogen-bond acceptors (Lipinski definition) is 6. The number of ether oxygens (including phenoxy) is 1. The molecule has 2 aromatic rings. The Morgan fingerprint density at radius 1 is 1.13 bits per heavy atom. The maximum atomic E-state index is 13.0. The summed E-state index contributed by atoms with van der Waals surface area (Å²) >= 11 is 5.93. The van der Waals surface area contributed by atoms with Crippen molar-refractivity contribution in [3.05, 3.63) is 41.4 Å². The summed E-state index contributed by atoms with van der Waals surface area (Å²) in [5.41, 5.74) is 0.766. The summed E-state index contributed by atoms with van der Waals surface area (Å²) < 4.78 is 5.90. The first-order valence-corrected chi connectivity index (χ1v) is 10.3. The second kappa shape index (κ2) is 8.47. The Hall–Kier alpha value is -2.87. The normalized spacial score (nSPS) is 21.2. The van der Waals surface area contributed by atoms with Crippen LogP contribution in [-0.2, 0) is 9.59 Å². The van der Waals surface area contributed by atoms with Crippen molar-refractivity contribution < 1.29 is 14.3 Å². The Morgan fingerprint density at radius 2 is 1.90 bits per heavy atom. The van der Waals surface area contributed by atoms with Crippen LogP contribution in [0.15, 0.2) is 36.4 Å². The van der Waals surface area contributed by atoms with E-state index in [1.807, 2.05) is 25.1 Å². The van der Waals surface area contributed by atoms with E-state index in [1.165, 1.54) is 0 Å². The van der Waals surface area contributed by atoms with E-state index < -0.39 is 0 Å².